The Morgan fingerprint density at radius 3 is 2.85 bits per heavy atom. The third kappa shape index (κ3) is 5.29. The summed E-state index contributed by atoms with van der Waals surface area (Å²) < 4.78 is 5.45. The van der Waals surface area contributed by atoms with Gasteiger partial charge in [0.15, 0.2) is 0 Å². The van der Waals surface area contributed by atoms with Crippen molar-refractivity contribution in [2.24, 2.45) is 17.6 Å². The third-order valence-electron chi connectivity index (χ3n) is 4.85. The van der Waals surface area contributed by atoms with Crippen LogP contribution in [0.25, 0.3) is 11.4 Å². The maximum atomic E-state index is 12.3. The van der Waals surface area contributed by atoms with Gasteiger partial charge in [0.05, 0.1) is 0 Å². The van der Waals surface area contributed by atoms with Gasteiger partial charge in [-0.3, -0.25) is 0 Å². The number of hydrogen-bond acceptors (Lipinski definition) is 5. The minimum absolute atomic E-state index is 0.0274. The first kappa shape index (κ1) is 19.4. The topological polar surface area (TPSA) is 97.3 Å². The molecule has 7 nitrogen and oxygen atoms in total. The first-order valence-electron chi connectivity index (χ1n) is 9.70. The molecule has 1 fully saturated rings. The summed E-state index contributed by atoms with van der Waals surface area (Å²) >= 11 is 0. The van der Waals surface area contributed by atoms with E-state index in [4.69, 9.17) is 10.3 Å². The standard InChI is InChI=1S/C20H29N5O2/c1-14(2)12-22-20(26)25-9-3-4-16(13-25)10-18-23-19(24-27-18)17-7-5-15(11-21)6-8-17/h5-8,14,16H,3-4,9-13,21H2,1-2H3,(H,22,26). The van der Waals surface area contributed by atoms with E-state index in [0.717, 1.165) is 37.1 Å². The number of nitrogens with zero attached hydrogens (tertiary/aromatic N) is 3. The maximum Gasteiger partial charge on any atom is 0.317 e. The van der Waals surface area contributed by atoms with Gasteiger partial charge in [-0.1, -0.05) is 43.3 Å². The minimum Gasteiger partial charge on any atom is -0.339 e. The average Bonchev–Trinajstić information content (AvgIpc) is 3.14. The lowest BCUT2D eigenvalue weighted by Gasteiger charge is -2.32. The molecule has 1 saturated heterocycles. The Bertz CT molecular complexity index is 741. The van der Waals surface area contributed by atoms with Gasteiger partial charge >= 0.3 is 6.03 Å². The van der Waals surface area contributed by atoms with Crippen molar-refractivity contribution in [3.8, 4) is 11.4 Å². The number of urea groups is 1. The van der Waals surface area contributed by atoms with Crippen LogP contribution in [-0.2, 0) is 13.0 Å². The molecule has 1 aromatic heterocycles. The SMILES string of the molecule is CC(C)CNC(=O)N1CCCC(Cc2nc(-c3ccc(CN)cc3)no2)C1. The molecule has 1 unspecified atom stereocenters. The number of piperidine rings is 1. The van der Waals surface area contributed by atoms with E-state index in [1.54, 1.807) is 0 Å². The number of carbonyl (C=O) groups excluding carboxylic acids is 1. The van der Waals surface area contributed by atoms with Crippen LogP contribution < -0.4 is 11.1 Å². The highest BCUT2D eigenvalue weighted by Crippen LogP contribution is 2.22. The Hall–Kier alpha value is -2.41. The fraction of sp³-hybridized carbons (Fsp3) is 0.550. The van der Waals surface area contributed by atoms with E-state index in [0.29, 0.717) is 43.1 Å². The van der Waals surface area contributed by atoms with Crippen molar-refractivity contribution in [1.82, 2.24) is 20.4 Å². The number of rotatable bonds is 6. The molecule has 146 valence electrons. The van der Waals surface area contributed by atoms with Gasteiger partial charge in [-0.05, 0) is 30.2 Å². The second-order valence-corrected chi connectivity index (χ2v) is 7.65. The second kappa shape index (κ2) is 8.99. The van der Waals surface area contributed by atoms with Gasteiger partial charge in [0.1, 0.15) is 0 Å². The molecule has 2 aromatic rings. The van der Waals surface area contributed by atoms with Crippen LogP contribution in [-0.4, -0.2) is 40.7 Å². The van der Waals surface area contributed by atoms with Gasteiger partial charge in [0.25, 0.3) is 0 Å². The summed E-state index contributed by atoms with van der Waals surface area (Å²) in [6, 6.07) is 7.89. The Labute approximate surface area is 160 Å². The number of benzene rings is 1. The second-order valence-electron chi connectivity index (χ2n) is 7.65. The minimum atomic E-state index is 0.0274. The number of amides is 2. The number of aromatic nitrogens is 2. The monoisotopic (exact) mass is 371 g/mol. The molecule has 0 spiro atoms. The number of hydrogen-bond donors (Lipinski definition) is 2. The summed E-state index contributed by atoms with van der Waals surface area (Å²) in [6.45, 7) is 6.94. The third-order valence-corrected chi connectivity index (χ3v) is 4.85. The number of carbonyl (C=O) groups is 1. The molecule has 1 aliphatic rings. The number of likely N-dealkylation sites (tertiary alicyclic amines) is 1. The Kier molecular flexibility index (Phi) is 6.45. The maximum absolute atomic E-state index is 12.3. The van der Waals surface area contributed by atoms with E-state index in [-0.39, 0.29) is 6.03 Å². The van der Waals surface area contributed by atoms with E-state index in [2.05, 4.69) is 29.3 Å². The van der Waals surface area contributed by atoms with E-state index in [1.807, 2.05) is 29.2 Å². The van der Waals surface area contributed by atoms with Crippen LogP contribution in [0.5, 0.6) is 0 Å². The van der Waals surface area contributed by atoms with E-state index in [1.165, 1.54) is 0 Å². The molecule has 2 amide bonds. The summed E-state index contributed by atoms with van der Waals surface area (Å²) in [5.41, 5.74) is 7.62. The summed E-state index contributed by atoms with van der Waals surface area (Å²) in [7, 11) is 0. The summed E-state index contributed by atoms with van der Waals surface area (Å²) in [5, 5.41) is 7.10. The van der Waals surface area contributed by atoms with Gasteiger partial charge in [-0.25, -0.2) is 4.79 Å². The van der Waals surface area contributed by atoms with E-state index < -0.39 is 0 Å². The average molecular weight is 371 g/mol. The molecule has 1 aromatic carbocycles. The highest BCUT2D eigenvalue weighted by molar-refractivity contribution is 5.74. The van der Waals surface area contributed by atoms with Crippen LogP contribution in [0.1, 0.15) is 38.1 Å². The molecular weight excluding hydrogens is 342 g/mol. The molecular formula is C20H29N5O2. The Morgan fingerprint density at radius 2 is 2.15 bits per heavy atom. The summed E-state index contributed by atoms with van der Waals surface area (Å²) in [4.78, 5) is 18.7. The van der Waals surface area contributed by atoms with Crippen molar-refractivity contribution in [3.63, 3.8) is 0 Å². The highest BCUT2D eigenvalue weighted by Gasteiger charge is 2.25. The van der Waals surface area contributed by atoms with Crippen LogP contribution in [0.15, 0.2) is 28.8 Å². The molecule has 0 aliphatic carbocycles. The molecule has 7 heteroatoms. The smallest absolute Gasteiger partial charge is 0.317 e. The Morgan fingerprint density at radius 1 is 1.37 bits per heavy atom. The molecule has 3 rings (SSSR count). The molecule has 0 saturated carbocycles. The van der Waals surface area contributed by atoms with Crippen molar-refractivity contribution in [1.29, 1.82) is 0 Å². The molecule has 0 radical (unpaired) electrons. The summed E-state index contributed by atoms with van der Waals surface area (Å²) in [6.07, 6.45) is 2.76. The molecule has 0 bridgehead atoms. The zero-order chi connectivity index (χ0) is 19.2. The molecule has 2 heterocycles. The van der Waals surface area contributed by atoms with Crippen LogP contribution in [0.2, 0.25) is 0 Å². The van der Waals surface area contributed by atoms with Crippen molar-refractivity contribution < 1.29 is 9.32 Å². The quantitative estimate of drug-likeness (QED) is 0.814. The van der Waals surface area contributed by atoms with Crippen LogP contribution in [0.4, 0.5) is 4.79 Å². The first-order chi connectivity index (χ1) is 13.0. The van der Waals surface area contributed by atoms with Gasteiger partial charge in [-0.2, -0.15) is 4.98 Å². The van der Waals surface area contributed by atoms with Crippen molar-refractivity contribution in [3.05, 3.63) is 35.7 Å². The Balaban J connectivity index is 1.57. The van der Waals surface area contributed by atoms with Crippen LogP contribution in [0, 0.1) is 11.8 Å². The van der Waals surface area contributed by atoms with Crippen molar-refractivity contribution >= 4 is 6.03 Å². The van der Waals surface area contributed by atoms with Gasteiger partial charge in [-0.15, -0.1) is 0 Å². The zero-order valence-corrected chi connectivity index (χ0v) is 16.1. The molecule has 3 N–H and O–H groups in total. The van der Waals surface area contributed by atoms with Gasteiger partial charge in [0, 0.05) is 38.2 Å². The fourth-order valence-corrected chi connectivity index (χ4v) is 3.31. The molecule has 1 aliphatic heterocycles. The predicted molar refractivity (Wildman–Crippen MR) is 104 cm³/mol. The fourth-order valence-electron chi connectivity index (χ4n) is 3.31. The summed E-state index contributed by atoms with van der Waals surface area (Å²) in [5.74, 6) is 2.01. The lowest BCUT2D eigenvalue weighted by molar-refractivity contribution is 0.161. The normalized spacial score (nSPS) is 17.3. The zero-order valence-electron chi connectivity index (χ0n) is 16.1. The van der Waals surface area contributed by atoms with Crippen LogP contribution in [0.3, 0.4) is 0 Å². The number of nitrogens with one attached hydrogen (secondary N) is 1. The number of nitrogens with two attached hydrogens (primary N) is 1. The molecule has 27 heavy (non-hydrogen) atoms. The van der Waals surface area contributed by atoms with E-state index in [9.17, 15) is 4.79 Å². The predicted octanol–water partition coefficient (Wildman–Crippen LogP) is 2.82. The van der Waals surface area contributed by atoms with Crippen LogP contribution >= 0.6 is 0 Å². The van der Waals surface area contributed by atoms with Crippen molar-refractivity contribution in [2.45, 2.75) is 39.7 Å². The largest absolute Gasteiger partial charge is 0.339 e. The van der Waals surface area contributed by atoms with Crippen molar-refractivity contribution in [2.75, 3.05) is 19.6 Å². The van der Waals surface area contributed by atoms with E-state index >= 15 is 0 Å². The lowest BCUT2D eigenvalue weighted by Crippen LogP contribution is -2.46. The lowest BCUT2D eigenvalue weighted by atomic mass is 9.95. The molecule has 1 atom stereocenters. The van der Waals surface area contributed by atoms with Gasteiger partial charge in [0.2, 0.25) is 11.7 Å². The highest BCUT2D eigenvalue weighted by atomic mass is 16.5. The van der Waals surface area contributed by atoms with Gasteiger partial charge < -0.3 is 20.5 Å². The first-order valence-corrected chi connectivity index (χ1v) is 9.70.